The van der Waals surface area contributed by atoms with Crippen LogP contribution < -0.4 is 14.4 Å². The van der Waals surface area contributed by atoms with Gasteiger partial charge < -0.3 is 10.1 Å². The van der Waals surface area contributed by atoms with Crippen LogP contribution in [0.25, 0.3) is 0 Å². The monoisotopic (exact) mass is 456 g/mol. The van der Waals surface area contributed by atoms with Gasteiger partial charge in [-0.3, -0.25) is 9.10 Å². The molecule has 2 aromatic rings. The van der Waals surface area contributed by atoms with Crippen molar-refractivity contribution in [2.24, 2.45) is 0 Å². The van der Waals surface area contributed by atoms with E-state index >= 15 is 0 Å². The van der Waals surface area contributed by atoms with E-state index in [0.29, 0.717) is 23.7 Å². The van der Waals surface area contributed by atoms with Gasteiger partial charge in [0, 0.05) is 17.2 Å². The number of carbonyl (C=O) groups excluding carboxylic acids is 1. The first-order chi connectivity index (χ1) is 13.6. The number of hydrogen-bond donors (Lipinski definition) is 1. The molecule has 1 amide bonds. The van der Waals surface area contributed by atoms with Crippen molar-refractivity contribution in [1.29, 1.82) is 0 Å². The smallest absolute Gasteiger partial charge is 0.243 e. The van der Waals surface area contributed by atoms with E-state index in [4.69, 9.17) is 16.3 Å². The number of thioether (sulfide) groups is 1. The summed E-state index contributed by atoms with van der Waals surface area (Å²) in [5.74, 6) is 0.718. The topological polar surface area (TPSA) is 75.7 Å². The molecule has 0 unspecified atom stereocenters. The van der Waals surface area contributed by atoms with E-state index in [-0.39, 0.29) is 10.9 Å². The number of ether oxygens (including phenoxy) is 1. The van der Waals surface area contributed by atoms with Gasteiger partial charge in [-0.25, -0.2) is 8.42 Å². The Morgan fingerprint density at radius 2 is 1.90 bits per heavy atom. The van der Waals surface area contributed by atoms with Gasteiger partial charge in [-0.05, 0) is 44.2 Å². The summed E-state index contributed by atoms with van der Waals surface area (Å²) < 4.78 is 30.9. The molecule has 1 atom stereocenters. The Hall–Kier alpha value is -1.90. The Labute approximate surface area is 181 Å². The number of sulfonamides is 1. The average Bonchev–Trinajstić information content (AvgIpc) is 2.65. The number of anilines is 1. The molecule has 0 bridgehead atoms. The van der Waals surface area contributed by atoms with Crippen molar-refractivity contribution < 1.29 is 17.9 Å². The lowest BCUT2D eigenvalue weighted by Gasteiger charge is -2.28. The molecule has 0 radical (unpaired) electrons. The highest BCUT2D eigenvalue weighted by Crippen LogP contribution is 2.31. The second kappa shape index (κ2) is 10.2. The SMILES string of the molecule is COc1ccc(N([C@H](C)C(=O)NCCSc2ccc(C)cc2)S(C)(=O)=O)cc1Cl. The molecule has 0 aliphatic carbocycles. The lowest BCUT2D eigenvalue weighted by atomic mass is 10.2. The first kappa shape index (κ1) is 23.4. The fourth-order valence-electron chi connectivity index (χ4n) is 2.73. The molecule has 0 saturated heterocycles. The van der Waals surface area contributed by atoms with Crippen LogP contribution in [0.3, 0.4) is 0 Å². The summed E-state index contributed by atoms with van der Waals surface area (Å²) >= 11 is 7.75. The molecule has 9 heteroatoms. The highest BCUT2D eigenvalue weighted by Gasteiger charge is 2.29. The molecule has 0 aliphatic heterocycles. The minimum atomic E-state index is -3.71. The lowest BCUT2D eigenvalue weighted by molar-refractivity contribution is -0.121. The van der Waals surface area contributed by atoms with Crippen LogP contribution in [-0.2, 0) is 14.8 Å². The predicted molar refractivity (Wildman–Crippen MR) is 120 cm³/mol. The van der Waals surface area contributed by atoms with Crippen LogP contribution in [0.2, 0.25) is 5.02 Å². The van der Waals surface area contributed by atoms with Crippen molar-refractivity contribution >= 4 is 45.0 Å². The number of benzene rings is 2. The van der Waals surface area contributed by atoms with Gasteiger partial charge in [-0.2, -0.15) is 0 Å². The van der Waals surface area contributed by atoms with Crippen LogP contribution >= 0.6 is 23.4 Å². The molecule has 2 rings (SSSR count). The van der Waals surface area contributed by atoms with Gasteiger partial charge in [0.1, 0.15) is 11.8 Å². The number of carbonyl (C=O) groups is 1. The number of nitrogens with zero attached hydrogens (tertiary/aromatic N) is 1. The maximum Gasteiger partial charge on any atom is 0.243 e. The van der Waals surface area contributed by atoms with Crippen LogP contribution in [0.15, 0.2) is 47.4 Å². The van der Waals surface area contributed by atoms with Gasteiger partial charge in [0.05, 0.1) is 24.1 Å². The highest BCUT2D eigenvalue weighted by atomic mass is 35.5. The van der Waals surface area contributed by atoms with Crippen molar-refractivity contribution in [2.45, 2.75) is 24.8 Å². The second-order valence-electron chi connectivity index (χ2n) is 6.51. The van der Waals surface area contributed by atoms with Crippen LogP contribution in [0.5, 0.6) is 5.75 Å². The fourth-order valence-corrected chi connectivity index (χ4v) is 4.91. The third-order valence-corrected chi connectivity index (χ3v) is 6.72. The molecular weight excluding hydrogens is 432 g/mol. The van der Waals surface area contributed by atoms with Crippen molar-refractivity contribution in [3.05, 3.63) is 53.1 Å². The molecule has 0 aliphatic rings. The molecule has 0 aromatic heterocycles. The average molecular weight is 457 g/mol. The first-order valence-corrected chi connectivity index (χ1v) is 12.1. The van der Waals surface area contributed by atoms with Gasteiger partial charge in [0.15, 0.2) is 0 Å². The van der Waals surface area contributed by atoms with Crippen LogP contribution in [-0.4, -0.2) is 46.0 Å². The number of rotatable bonds is 9. The van der Waals surface area contributed by atoms with Gasteiger partial charge in [0.25, 0.3) is 0 Å². The number of aryl methyl sites for hydroxylation is 1. The third-order valence-electron chi connectivity index (χ3n) is 4.17. The summed E-state index contributed by atoms with van der Waals surface area (Å²) in [5.41, 5.74) is 1.49. The summed E-state index contributed by atoms with van der Waals surface area (Å²) in [6.45, 7) is 3.99. The summed E-state index contributed by atoms with van der Waals surface area (Å²) in [7, 11) is -2.24. The molecule has 2 aromatic carbocycles. The van der Waals surface area contributed by atoms with Crippen LogP contribution in [0, 0.1) is 6.92 Å². The molecule has 6 nitrogen and oxygen atoms in total. The summed E-state index contributed by atoms with van der Waals surface area (Å²) in [6.07, 6.45) is 1.06. The Balaban J connectivity index is 2.03. The molecule has 0 saturated carbocycles. The Kier molecular flexibility index (Phi) is 8.24. The van der Waals surface area contributed by atoms with E-state index in [1.165, 1.54) is 18.7 Å². The molecular formula is C20H25ClN2O4S2. The van der Waals surface area contributed by atoms with Crippen LogP contribution in [0.4, 0.5) is 5.69 Å². The zero-order valence-corrected chi connectivity index (χ0v) is 19.2. The van der Waals surface area contributed by atoms with Crippen molar-refractivity contribution in [3.8, 4) is 5.75 Å². The van der Waals surface area contributed by atoms with E-state index in [9.17, 15) is 13.2 Å². The molecule has 0 spiro atoms. The molecule has 158 valence electrons. The van der Waals surface area contributed by atoms with Crippen LogP contribution in [0.1, 0.15) is 12.5 Å². The minimum absolute atomic E-state index is 0.265. The lowest BCUT2D eigenvalue weighted by Crippen LogP contribution is -2.48. The quantitative estimate of drug-likeness (QED) is 0.459. The van der Waals surface area contributed by atoms with Gasteiger partial charge in [-0.15, -0.1) is 11.8 Å². The number of hydrogen-bond acceptors (Lipinski definition) is 5. The Morgan fingerprint density at radius 3 is 2.45 bits per heavy atom. The van der Waals surface area contributed by atoms with E-state index in [0.717, 1.165) is 15.5 Å². The first-order valence-electron chi connectivity index (χ1n) is 8.93. The van der Waals surface area contributed by atoms with Crippen molar-refractivity contribution in [2.75, 3.05) is 30.0 Å². The Morgan fingerprint density at radius 1 is 1.24 bits per heavy atom. The minimum Gasteiger partial charge on any atom is -0.495 e. The zero-order chi connectivity index (χ0) is 21.6. The van der Waals surface area contributed by atoms with Gasteiger partial charge >= 0.3 is 0 Å². The maximum absolute atomic E-state index is 12.6. The standard InChI is InChI=1S/C20H25ClN2O4S2/c1-14-5-8-17(9-6-14)28-12-11-22-20(24)15(2)23(29(4,25)26)16-7-10-19(27-3)18(21)13-16/h5-10,13,15H,11-12H2,1-4H3,(H,22,24)/t15-/m1/s1. The fraction of sp³-hybridized carbons (Fsp3) is 0.350. The molecule has 0 fully saturated rings. The maximum atomic E-state index is 12.6. The van der Waals surface area contributed by atoms with Crippen molar-refractivity contribution in [3.63, 3.8) is 0 Å². The third kappa shape index (κ3) is 6.55. The molecule has 29 heavy (non-hydrogen) atoms. The van der Waals surface area contributed by atoms with E-state index in [1.807, 2.05) is 31.2 Å². The molecule has 0 heterocycles. The van der Waals surface area contributed by atoms with Gasteiger partial charge in [-0.1, -0.05) is 29.3 Å². The van der Waals surface area contributed by atoms with E-state index in [1.54, 1.807) is 30.8 Å². The number of methoxy groups -OCH3 is 1. The molecule has 1 N–H and O–H groups in total. The van der Waals surface area contributed by atoms with Crippen molar-refractivity contribution in [1.82, 2.24) is 5.32 Å². The second-order valence-corrected chi connectivity index (χ2v) is 9.94. The van der Waals surface area contributed by atoms with E-state index < -0.39 is 16.1 Å². The number of nitrogens with one attached hydrogen (secondary N) is 1. The summed E-state index contributed by atoms with van der Waals surface area (Å²) in [4.78, 5) is 13.7. The summed E-state index contributed by atoms with van der Waals surface area (Å²) in [5, 5.41) is 3.06. The Bertz CT molecular complexity index is 949. The number of halogens is 1. The normalized spacial score (nSPS) is 12.3. The largest absolute Gasteiger partial charge is 0.495 e. The van der Waals surface area contributed by atoms with Gasteiger partial charge in [0.2, 0.25) is 15.9 Å². The predicted octanol–water partition coefficient (Wildman–Crippen LogP) is 3.72. The number of amides is 1. The van der Waals surface area contributed by atoms with E-state index in [2.05, 4.69) is 5.32 Å². The summed E-state index contributed by atoms with van der Waals surface area (Å²) in [6, 6.07) is 11.8. The zero-order valence-electron chi connectivity index (χ0n) is 16.8. The highest BCUT2D eigenvalue weighted by molar-refractivity contribution is 7.99.